The number of allylic oxidation sites excluding steroid dienone is 34. The molecule has 0 rings (SSSR count). The van der Waals surface area contributed by atoms with Gasteiger partial charge in [-0.1, -0.05) is 330 Å². The molecule has 0 bridgehead atoms. The summed E-state index contributed by atoms with van der Waals surface area (Å²) in [5.74, 6) is -0.886. The van der Waals surface area contributed by atoms with Crippen molar-refractivity contribution in [1.82, 2.24) is 0 Å². The second kappa shape index (κ2) is 77.6. The Labute approximate surface area is 582 Å². The van der Waals surface area contributed by atoms with Gasteiger partial charge in [-0.25, -0.2) is 4.57 Å². The number of esters is 2. The van der Waals surface area contributed by atoms with E-state index in [-0.39, 0.29) is 32.6 Å². The van der Waals surface area contributed by atoms with E-state index >= 15 is 0 Å². The van der Waals surface area contributed by atoms with Gasteiger partial charge in [0.05, 0.1) is 13.2 Å². The molecule has 0 aliphatic carbocycles. The van der Waals surface area contributed by atoms with Crippen LogP contribution in [0.2, 0.25) is 0 Å². The van der Waals surface area contributed by atoms with Crippen LogP contribution in [0, 0.1) is 0 Å². The highest BCUT2D eigenvalue weighted by Gasteiger charge is 2.26. The molecule has 534 valence electrons. The quantitative estimate of drug-likeness (QED) is 0.0264. The van der Waals surface area contributed by atoms with Gasteiger partial charge in [0.15, 0.2) is 6.10 Å². The molecule has 0 heterocycles. The number of nitrogens with two attached hydrogens (primary N) is 1. The van der Waals surface area contributed by atoms with Crippen molar-refractivity contribution in [2.75, 3.05) is 26.4 Å². The fourth-order valence-electron chi connectivity index (χ4n) is 9.70. The second-order valence-electron chi connectivity index (χ2n) is 24.0. The van der Waals surface area contributed by atoms with Crippen molar-refractivity contribution in [2.45, 2.75) is 290 Å². The Morgan fingerprint density at radius 1 is 0.316 bits per heavy atom. The van der Waals surface area contributed by atoms with Gasteiger partial charge in [-0.15, -0.1) is 0 Å². The van der Waals surface area contributed by atoms with Crippen molar-refractivity contribution in [3.05, 3.63) is 207 Å². The Kier molecular flexibility index (Phi) is 73.2. The van der Waals surface area contributed by atoms with Gasteiger partial charge in [-0.05, 0) is 148 Å². The van der Waals surface area contributed by atoms with Crippen molar-refractivity contribution >= 4 is 19.8 Å². The minimum atomic E-state index is -4.42. The van der Waals surface area contributed by atoms with Crippen LogP contribution in [0.3, 0.4) is 0 Å². The molecule has 0 aromatic heterocycles. The molecule has 0 spiro atoms. The molecule has 0 aromatic rings. The molecule has 0 fully saturated rings. The van der Waals surface area contributed by atoms with E-state index < -0.39 is 32.5 Å². The number of carbonyl (C=O) groups is 2. The number of hydrogen-bond donors (Lipinski definition) is 2. The van der Waals surface area contributed by atoms with Crippen LogP contribution in [0.25, 0.3) is 0 Å². The van der Waals surface area contributed by atoms with Crippen LogP contribution in [0.15, 0.2) is 207 Å². The molecule has 3 N–H and O–H groups in total. The minimum absolute atomic E-state index is 0.0368. The molecule has 0 saturated heterocycles. The average Bonchev–Trinajstić information content (AvgIpc) is 3.16. The van der Waals surface area contributed by atoms with Crippen molar-refractivity contribution in [3.63, 3.8) is 0 Å². The number of carbonyl (C=O) groups excluding carboxylic acids is 2. The third-order valence-electron chi connectivity index (χ3n) is 15.2. The molecule has 0 saturated carbocycles. The fourth-order valence-corrected chi connectivity index (χ4v) is 10.5. The Morgan fingerprint density at radius 2 is 0.547 bits per heavy atom. The predicted octanol–water partition coefficient (Wildman–Crippen LogP) is 25.4. The van der Waals surface area contributed by atoms with Crippen LogP contribution < -0.4 is 5.73 Å². The van der Waals surface area contributed by atoms with E-state index in [4.69, 9.17) is 24.3 Å². The third-order valence-corrected chi connectivity index (χ3v) is 16.1. The molecule has 2 unspecified atom stereocenters. The van der Waals surface area contributed by atoms with Crippen LogP contribution in [0.1, 0.15) is 284 Å². The molecule has 0 aliphatic heterocycles. The van der Waals surface area contributed by atoms with Gasteiger partial charge in [0.2, 0.25) is 0 Å². The van der Waals surface area contributed by atoms with Crippen molar-refractivity contribution < 1.29 is 37.6 Å². The first-order valence-electron chi connectivity index (χ1n) is 37.6. The number of ether oxygens (including phenoxy) is 2. The summed E-state index contributed by atoms with van der Waals surface area (Å²) in [5, 5.41) is 0. The Balaban J connectivity index is 4.00. The van der Waals surface area contributed by atoms with Gasteiger partial charge in [0.1, 0.15) is 6.61 Å². The van der Waals surface area contributed by atoms with E-state index in [1.165, 1.54) is 109 Å². The zero-order valence-electron chi connectivity index (χ0n) is 60.1. The highest BCUT2D eigenvalue weighted by molar-refractivity contribution is 7.47. The molecular weight excluding hydrogens is 1190 g/mol. The van der Waals surface area contributed by atoms with Crippen molar-refractivity contribution in [1.29, 1.82) is 0 Å². The average molecular weight is 1330 g/mol. The summed E-state index contributed by atoms with van der Waals surface area (Å²) in [6.45, 7) is 3.46. The molecule has 2 atom stereocenters. The zero-order chi connectivity index (χ0) is 68.6. The van der Waals surface area contributed by atoms with Crippen molar-refractivity contribution in [3.8, 4) is 0 Å². The highest BCUT2D eigenvalue weighted by atomic mass is 31.2. The largest absolute Gasteiger partial charge is 0.472 e. The van der Waals surface area contributed by atoms with E-state index in [0.717, 1.165) is 141 Å². The van der Waals surface area contributed by atoms with Crippen LogP contribution in [0.4, 0.5) is 0 Å². The maximum absolute atomic E-state index is 12.8. The van der Waals surface area contributed by atoms with E-state index in [9.17, 15) is 19.0 Å². The number of phosphoric ester groups is 1. The molecular formula is C85H136NO8P. The van der Waals surface area contributed by atoms with Crippen LogP contribution in [-0.4, -0.2) is 49.3 Å². The Morgan fingerprint density at radius 3 is 0.832 bits per heavy atom. The summed E-state index contributed by atoms with van der Waals surface area (Å²) in [7, 11) is -4.42. The van der Waals surface area contributed by atoms with E-state index in [0.29, 0.717) is 6.42 Å². The number of hydrogen-bond acceptors (Lipinski definition) is 8. The van der Waals surface area contributed by atoms with Gasteiger partial charge in [0, 0.05) is 19.4 Å². The topological polar surface area (TPSA) is 134 Å². The normalized spacial score (nSPS) is 14.1. The summed E-state index contributed by atoms with van der Waals surface area (Å²) in [6, 6.07) is 0. The smallest absolute Gasteiger partial charge is 0.462 e. The number of rotatable bonds is 68. The molecule has 0 aromatic carbocycles. The highest BCUT2D eigenvalue weighted by Crippen LogP contribution is 2.43. The van der Waals surface area contributed by atoms with Gasteiger partial charge in [0.25, 0.3) is 0 Å². The monoisotopic (exact) mass is 1330 g/mol. The maximum Gasteiger partial charge on any atom is 0.472 e. The molecule has 0 aliphatic rings. The minimum Gasteiger partial charge on any atom is -0.462 e. The van der Waals surface area contributed by atoms with E-state index in [1.54, 1.807) is 0 Å². The van der Waals surface area contributed by atoms with Crippen LogP contribution in [0.5, 0.6) is 0 Å². The van der Waals surface area contributed by atoms with Crippen LogP contribution in [-0.2, 0) is 32.7 Å². The number of unbranched alkanes of at least 4 members (excludes halogenated alkanes) is 21. The number of phosphoric acid groups is 1. The summed E-state index contributed by atoms with van der Waals surface area (Å²) >= 11 is 0. The SMILES string of the molecule is CC/C=C\C/C=C\C/C=C\C/C=C\C/C=C\C/C=C\C/C=C\C/C=C\C/C=C\C/C=C\C/C=C\C/C=C\CCCCC(=O)OC(COC(=O)CCCCCCCCCCCCCCCCCCCCC/C=C\C/C=C\C/C=C\C/C=C\C/C=C\CC)COP(=O)(O)OCCN. The van der Waals surface area contributed by atoms with E-state index in [2.05, 4.69) is 220 Å². The molecule has 95 heavy (non-hydrogen) atoms. The van der Waals surface area contributed by atoms with Crippen molar-refractivity contribution in [2.24, 2.45) is 5.73 Å². The zero-order valence-corrected chi connectivity index (χ0v) is 61.0. The first-order valence-corrected chi connectivity index (χ1v) is 39.1. The van der Waals surface area contributed by atoms with Gasteiger partial charge in [-0.3, -0.25) is 18.6 Å². The fraction of sp³-hybridized carbons (Fsp3) is 0.576. The summed E-state index contributed by atoms with van der Waals surface area (Å²) in [4.78, 5) is 35.4. The summed E-state index contributed by atoms with van der Waals surface area (Å²) < 4.78 is 33.2. The maximum atomic E-state index is 12.8. The van der Waals surface area contributed by atoms with Crippen LogP contribution >= 0.6 is 7.82 Å². The molecule has 9 nitrogen and oxygen atoms in total. The first-order chi connectivity index (χ1) is 46.8. The molecule has 0 radical (unpaired) electrons. The van der Waals surface area contributed by atoms with Gasteiger partial charge in [-0.2, -0.15) is 0 Å². The lowest BCUT2D eigenvalue weighted by Crippen LogP contribution is -2.29. The predicted molar refractivity (Wildman–Crippen MR) is 412 cm³/mol. The second-order valence-corrected chi connectivity index (χ2v) is 25.5. The van der Waals surface area contributed by atoms with E-state index in [1.807, 2.05) is 0 Å². The lowest BCUT2D eigenvalue weighted by molar-refractivity contribution is -0.161. The molecule has 10 heteroatoms. The molecule has 0 amide bonds. The Hall–Kier alpha value is -5.41. The summed E-state index contributed by atoms with van der Waals surface area (Å²) in [5.41, 5.74) is 5.40. The summed E-state index contributed by atoms with van der Waals surface area (Å²) in [6.07, 6.45) is 119. The lowest BCUT2D eigenvalue weighted by atomic mass is 10.0. The van der Waals surface area contributed by atoms with Gasteiger partial charge >= 0.3 is 19.8 Å². The third kappa shape index (κ3) is 77.5. The van der Waals surface area contributed by atoms with Gasteiger partial charge < -0.3 is 20.1 Å². The first kappa shape index (κ1) is 89.6. The lowest BCUT2D eigenvalue weighted by Gasteiger charge is -2.19. The standard InChI is InChI=1S/C85H136NO8P/c1-3-5-7-9-11-13-15-17-19-21-23-25-27-29-31-33-35-37-39-40-41-42-44-46-48-50-52-54-56-58-60-62-64-66-68-70-72-74-76-78-85(88)94-83(82-93-95(89,90)92-80-79-86)81-91-84(87)77-75-73-71-69-67-65-63-61-59-57-55-53-51-49-47-45-43-38-36-34-32-30-28-26-24-22-20-18-16-14-12-10-8-6-4-2/h5-8,11-14,17-20,23-26,29-32,35,37,40-41,44,46,50,52,56,58,62,64,68,70,83H,3-4,9-10,15-16,21-22,27-28,33-34,36,38-39,42-43,45,47-49,51,53-55,57,59-61,63,65-67,69,71-82,86H2,1-2H3,(H,89,90)/b7-5-,8-6-,13-11-,14-12-,19-17-,20-18-,25-23-,26-24-,31-29-,32-30-,37-35-,41-40-,46-44-,52-50-,58-56-,64-62-,70-68-. The Bertz CT molecular complexity index is 2320.